The Bertz CT molecular complexity index is 463. The van der Waals surface area contributed by atoms with Crippen LogP contribution in [-0.4, -0.2) is 28.6 Å². The molecule has 106 valence electrons. The maximum Gasteiger partial charge on any atom is 0.346 e. The predicted octanol–water partition coefficient (Wildman–Crippen LogP) is 1.84. The lowest BCUT2D eigenvalue weighted by Gasteiger charge is -2.23. The van der Waals surface area contributed by atoms with E-state index in [1.54, 1.807) is 18.4 Å². The molecular weight excluding hydrogens is 264 g/mol. The van der Waals surface area contributed by atoms with Gasteiger partial charge in [0, 0.05) is 12.1 Å². The van der Waals surface area contributed by atoms with E-state index >= 15 is 0 Å². The van der Waals surface area contributed by atoms with Crippen molar-refractivity contribution in [2.75, 3.05) is 0 Å². The highest BCUT2D eigenvalue weighted by Crippen LogP contribution is 2.16. The minimum Gasteiger partial charge on any atom is -0.477 e. The van der Waals surface area contributed by atoms with Gasteiger partial charge in [0.2, 0.25) is 5.91 Å². The van der Waals surface area contributed by atoms with Crippen molar-refractivity contribution in [2.45, 2.75) is 45.8 Å². The lowest BCUT2D eigenvalue weighted by Crippen LogP contribution is -2.49. The summed E-state index contributed by atoms with van der Waals surface area (Å²) in [6.07, 6.45) is 0. The molecule has 6 heteroatoms. The molecule has 0 aliphatic heterocycles. The number of carboxylic acid groups (broad SMARTS) is 1. The molecule has 0 fully saturated rings. The van der Waals surface area contributed by atoms with E-state index in [-0.39, 0.29) is 17.5 Å². The van der Waals surface area contributed by atoms with Crippen molar-refractivity contribution in [2.24, 2.45) is 0 Å². The normalized spacial score (nSPS) is 13.1. The third-order valence-corrected chi connectivity index (χ3v) is 3.38. The average Bonchev–Trinajstić information content (AvgIpc) is 2.71. The van der Waals surface area contributed by atoms with Crippen LogP contribution in [0.15, 0.2) is 11.4 Å². The number of carbonyl (C=O) groups is 2. The van der Waals surface area contributed by atoms with Crippen LogP contribution in [0, 0.1) is 0 Å². The van der Waals surface area contributed by atoms with Gasteiger partial charge in [0.1, 0.15) is 4.88 Å². The molecule has 1 amide bonds. The van der Waals surface area contributed by atoms with Crippen molar-refractivity contribution in [1.29, 1.82) is 0 Å². The van der Waals surface area contributed by atoms with E-state index in [1.165, 1.54) is 11.3 Å². The predicted molar refractivity (Wildman–Crippen MR) is 75.5 cm³/mol. The Morgan fingerprint density at radius 1 is 1.42 bits per heavy atom. The zero-order valence-corrected chi connectivity index (χ0v) is 12.4. The number of aromatic carboxylic acids is 1. The second kappa shape index (κ2) is 6.16. The number of carbonyl (C=O) groups excluding carboxylic acids is 1. The molecule has 0 spiro atoms. The molecule has 0 aliphatic carbocycles. The zero-order valence-electron chi connectivity index (χ0n) is 11.6. The molecule has 5 nitrogen and oxygen atoms in total. The first-order valence-corrected chi connectivity index (χ1v) is 6.94. The summed E-state index contributed by atoms with van der Waals surface area (Å²) in [7, 11) is 0. The molecule has 3 N–H and O–H groups in total. The van der Waals surface area contributed by atoms with Crippen LogP contribution in [0.2, 0.25) is 0 Å². The maximum atomic E-state index is 11.8. The van der Waals surface area contributed by atoms with Gasteiger partial charge in [-0.25, -0.2) is 4.79 Å². The minimum atomic E-state index is -0.932. The lowest BCUT2D eigenvalue weighted by atomic mass is 10.1. The Morgan fingerprint density at radius 3 is 2.58 bits per heavy atom. The number of amides is 1. The second-order valence-corrected chi connectivity index (χ2v) is 6.34. The monoisotopic (exact) mass is 284 g/mol. The van der Waals surface area contributed by atoms with Gasteiger partial charge in [-0.05, 0) is 44.7 Å². The van der Waals surface area contributed by atoms with Crippen LogP contribution in [-0.2, 0) is 11.3 Å². The van der Waals surface area contributed by atoms with Crippen molar-refractivity contribution in [3.05, 3.63) is 21.9 Å². The van der Waals surface area contributed by atoms with E-state index in [1.807, 2.05) is 20.8 Å². The van der Waals surface area contributed by atoms with Gasteiger partial charge >= 0.3 is 5.97 Å². The number of rotatable bonds is 5. The Hall–Kier alpha value is -1.40. The number of hydrogen-bond acceptors (Lipinski definition) is 4. The summed E-state index contributed by atoms with van der Waals surface area (Å²) in [6.45, 7) is 7.87. The summed E-state index contributed by atoms with van der Waals surface area (Å²) in [5.41, 5.74) is 0.426. The fourth-order valence-electron chi connectivity index (χ4n) is 1.50. The first-order valence-electron chi connectivity index (χ1n) is 6.06. The minimum absolute atomic E-state index is 0.0976. The van der Waals surface area contributed by atoms with Gasteiger partial charge in [-0.2, -0.15) is 0 Å². The quantitative estimate of drug-likeness (QED) is 0.771. The molecule has 0 radical (unpaired) electrons. The molecule has 1 unspecified atom stereocenters. The van der Waals surface area contributed by atoms with Gasteiger partial charge in [0.15, 0.2) is 0 Å². The Labute approximate surface area is 117 Å². The summed E-state index contributed by atoms with van der Waals surface area (Å²) < 4.78 is 0. The summed E-state index contributed by atoms with van der Waals surface area (Å²) in [5, 5.41) is 16.6. The molecule has 1 rings (SSSR count). The third-order valence-electron chi connectivity index (χ3n) is 2.43. The fraction of sp³-hybridized carbons (Fsp3) is 0.538. The van der Waals surface area contributed by atoms with Crippen molar-refractivity contribution < 1.29 is 14.7 Å². The van der Waals surface area contributed by atoms with E-state index in [4.69, 9.17) is 5.11 Å². The van der Waals surface area contributed by atoms with Crippen LogP contribution in [0.4, 0.5) is 0 Å². The summed E-state index contributed by atoms with van der Waals surface area (Å²) in [6, 6.07) is 1.39. The highest BCUT2D eigenvalue weighted by molar-refractivity contribution is 7.12. The summed E-state index contributed by atoms with van der Waals surface area (Å²) in [4.78, 5) is 23.1. The average molecular weight is 284 g/mol. The number of thiophene rings is 1. The largest absolute Gasteiger partial charge is 0.477 e. The molecule has 0 saturated heterocycles. The molecule has 1 aromatic rings. The van der Waals surface area contributed by atoms with Crippen molar-refractivity contribution in [3.8, 4) is 0 Å². The third kappa shape index (κ3) is 5.00. The van der Waals surface area contributed by atoms with E-state index in [0.29, 0.717) is 17.0 Å². The molecule has 1 heterocycles. The van der Waals surface area contributed by atoms with Crippen LogP contribution in [0.25, 0.3) is 0 Å². The van der Waals surface area contributed by atoms with Crippen LogP contribution >= 0.6 is 11.3 Å². The van der Waals surface area contributed by atoms with Crippen LogP contribution in [0.5, 0.6) is 0 Å². The zero-order chi connectivity index (χ0) is 14.6. The smallest absolute Gasteiger partial charge is 0.346 e. The standard InChI is InChI=1S/C13H20N2O3S/c1-8(11(16)15-13(2,3)4)14-7-9-5-6-19-10(9)12(17)18/h5-6,8,14H,7H2,1-4H3,(H,15,16)(H,17,18). The van der Waals surface area contributed by atoms with Gasteiger partial charge in [-0.15, -0.1) is 11.3 Å². The maximum absolute atomic E-state index is 11.8. The van der Waals surface area contributed by atoms with E-state index in [9.17, 15) is 9.59 Å². The van der Waals surface area contributed by atoms with Gasteiger partial charge in [-0.3, -0.25) is 4.79 Å². The molecule has 1 atom stereocenters. The molecule has 0 aromatic carbocycles. The molecule has 0 aliphatic rings. The number of nitrogens with one attached hydrogen (secondary N) is 2. The highest BCUT2D eigenvalue weighted by atomic mass is 32.1. The van der Waals surface area contributed by atoms with Crippen molar-refractivity contribution in [1.82, 2.24) is 10.6 Å². The lowest BCUT2D eigenvalue weighted by molar-refractivity contribution is -0.124. The van der Waals surface area contributed by atoms with Crippen LogP contribution < -0.4 is 10.6 Å². The molecule has 19 heavy (non-hydrogen) atoms. The van der Waals surface area contributed by atoms with Crippen molar-refractivity contribution >= 4 is 23.2 Å². The number of hydrogen-bond donors (Lipinski definition) is 3. The van der Waals surface area contributed by atoms with Crippen LogP contribution in [0.3, 0.4) is 0 Å². The Morgan fingerprint density at radius 2 is 2.05 bits per heavy atom. The SMILES string of the molecule is CC(NCc1ccsc1C(=O)O)C(=O)NC(C)(C)C. The van der Waals surface area contributed by atoms with Gasteiger partial charge in [-0.1, -0.05) is 0 Å². The van der Waals surface area contributed by atoms with E-state index in [0.717, 1.165) is 0 Å². The summed E-state index contributed by atoms with van der Waals surface area (Å²) in [5.74, 6) is -1.03. The Kier molecular flexibility index (Phi) is 5.08. The Balaban J connectivity index is 2.54. The second-order valence-electron chi connectivity index (χ2n) is 5.42. The van der Waals surface area contributed by atoms with Crippen molar-refractivity contribution in [3.63, 3.8) is 0 Å². The van der Waals surface area contributed by atoms with Gasteiger partial charge in [0.25, 0.3) is 0 Å². The highest BCUT2D eigenvalue weighted by Gasteiger charge is 2.19. The molecule has 1 aromatic heterocycles. The van der Waals surface area contributed by atoms with Crippen LogP contribution in [0.1, 0.15) is 42.9 Å². The fourth-order valence-corrected chi connectivity index (χ4v) is 2.26. The first-order chi connectivity index (χ1) is 8.70. The number of carboxylic acids is 1. The van der Waals surface area contributed by atoms with Gasteiger partial charge < -0.3 is 15.7 Å². The topological polar surface area (TPSA) is 78.4 Å². The summed E-state index contributed by atoms with van der Waals surface area (Å²) >= 11 is 1.19. The molecule has 0 saturated carbocycles. The first kappa shape index (κ1) is 15.7. The van der Waals surface area contributed by atoms with E-state index < -0.39 is 5.97 Å². The molecular formula is C13H20N2O3S. The van der Waals surface area contributed by atoms with E-state index in [2.05, 4.69) is 10.6 Å². The van der Waals surface area contributed by atoms with Gasteiger partial charge in [0.05, 0.1) is 6.04 Å². The molecule has 0 bridgehead atoms.